The van der Waals surface area contributed by atoms with Gasteiger partial charge in [0.2, 0.25) is 0 Å². The van der Waals surface area contributed by atoms with Crippen molar-refractivity contribution in [1.82, 2.24) is 4.98 Å². The second-order valence-electron chi connectivity index (χ2n) is 3.94. The molecule has 2 heteroatoms. The van der Waals surface area contributed by atoms with Crippen LogP contribution >= 0.6 is 0 Å². The first-order valence-electron chi connectivity index (χ1n) is 4.86. The molecule has 14 heavy (non-hydrogen) atoms. The molecule has 0 fully saturated rings. The van der Waals surface area contributed by atoms with E-state index in [1.807, 2.05) is 12.3 Å². The summed E-state index contributed by atoms with van der Waals surface area (Å²) in [6.07, 6.45) is 5.85. The number of carbonyl (C=O) groups excluding carboxylic acids is 1. The molecule has 72 valence electrons. The number of ketones is 1. The first kappa shape index (κ1) is 9.13. The third-order valence-electron chi connectivity index (χ3n) is 2.45. The highest BCUT2D eigenvalue weighted by Crippen LogP contribution is 2.20. The quantitative estimate of drug-likeness (QED) is 0.675. The normalized spacial score (nSPS) is 14.6. The molecule has 0 spiro atoms. The number of pyridine rings is 1. The Bertz CT molecular complexity index is 405. The zero-order chi connectivity index (χ0) is 10.1. The number of aromatic nitrogens is 1. The number of nitrogens with zero attached hydrogens (tertiary/aromatic N) is 1. The summed E-state index contributed by atoms with van der Waals surface area (Å²) in [5.74, 6) is 0.600. The Morgan fingerprint density at radius 3 is 2.86 bits per heavy atom. The molecule has 2 nitrogen and oxygen atoms in total. The van der Waals surface area contributed by atoms with Crippen molar-refractivity contribution in [2.45, 2.75) is 26.2 Å². The number of allylic oxidation sites excluding steroid dienone is 1. The minimum absolute atomic E-state index is 0.164. The van der Waals surface area contributed by atoms with E-state index in [1.165, 1.54) is 0 Å². The van der Waals surface area contributed by atoms with Crippen molar-refractivity contribution < 1.29 is 4.79 Å². The van der Waals surface area contributed by atoms with E-state index >= 15 is 0 Å². The minimum atomic E-state index is 0.164. The number of fused-ring (bicyclic) bond motifs is 1. The Morgan fingerprint density at radius 2 is 2.14 bits per heavy atom. The van der Waals surface area contributed by atoms with E-state index in [4.69, 9.17) is 0 Å². The molecule has 0 saturated heterocycles. The molecule has 0 saturated carbocycles. The van der Waals surface area contributed by atoms with Crippen LogP contribution in [0.5, 0.6) is 0 Å². The monoisotopic (exact) mass is 187 g/mol. The maximum Gasteiger partial charge on any atom is 0.160 e. The zero-order valence-electron chi connectivity index (χ0n) is 8.45. The van der Waals surface area contributed by atoms with Gasteiger partial charge in [-0.15, -0.1) is 0 Å². The second-order valence-corrected chi connectivity index (χ2v) is 3.94. The number of hydrogen-bond acceptors (Lipinski definition) is 2. The van der Waals surface area contributed by atoms with Crippen molar-refractivity contribution in [3.63, 3.8) is 0 Å². The minimum Gasteiger partial charge on any atom is -0.294 e. The zero-order valence-corrected chi connectivity index (χ0v) is 8.45. The summed E-state index contributed by atoms with van der Waals surface area (Å²) in [6, 6.07) is 2.07. The van der Waals surface area contributed by atoms with Gasteiger partial charge in [-0.25, -0.2) is 0 Å². The van der Waals surface area contributed by atoms with Crippen LogP contribution in [0.15, 0.2) is 18.3 Å². The van der Waals surface area contributed by atoms with Crippen LogP contribution < -0.4 is 0 Å². The third-order valence-corrected chi connectivity index (χ3v) is 2.45. The first-order valence-corrected chi connectivity index (χ1v) is 4.86. The molecule has 0 amide bonds. The van der Waals surface area contributed by atoms with Crippen LogP contribution in [0, 0.1) is 0 Å². The van der Waals surface area contributed by atoms with Crippen LogP contribution in [0.2, 0.25) is 0 Å². The van der Waals surface area contributed by atoms with Gasteiger partial charge >= 0.3 is 0 Å². The number of hydrogen-bond donors (Lipinski definition) is 0. The summed E-state index contributed by atoms with van der Waals surface area (Å²) in [6.45, 7) is 4.23. The molecule has 1 aliphatic rings. The Kier molecular flexibility index (Phi) is 2.20. The first-order chi connectivity index (χ1) is 6.66. The lowest BCUT2D eigenvalue weighted by Crippen LogP contribution is -2.07. The van der Waals surface area contributed by atoms with Crippen LogP contribution in [0.3, 0.4) is 0 Å². The van der Waals surface area contributed by atoms with Crippen LogP contribution in [0.1, 0.15) is 36.6 Å². The summed E-state index contributed by atoms with van der Waals surface area (Å²) < 4.78 is 0. The lowest BCUT2D eigenvalue weighted by molar-refractivity contribution is -0.114. The van der Waals surface area contributed by atoms with Gasteiger partial charge in [-0.1, -0.05) is 19.9 Å². The molecule has 0 atom stereocenters. The molecule has 0 unspecified atom stereocenters. The maximum absolute atomic E-state index is 11.1. The highest BCUT2D eigenvalue weighted by atomic mass is 16.1. The standard InChI is InChI=1S/C12H13NO/c1-8(2)12-6-9-3-4-11(14)5-10(9)7-13-12/h3-4,6-8H,5H2,1-2H3. The van der Waals surface area contributed by atoms with Crippen LogP contribution in [-0.4, -0.2) is 10.8 Å². The molecule has 1 heterocycles. The molecule has 1 aromatic rings. The summed E-state index contributed by atoms with van der Waals surface area (Å²) in [5.41, 5.74) is 3.27. The summed E-state index contributed by atoms with van der Waals surface area (Å²) >= 11 is 0. The second kappa shape index (κ2) is 3.37. The van der Waals surface area contributed by atoms with Gasteiger partial charge in [0.1, 0.15) is 0 Å². The third kappa shape index (κ3) is 1.60. The molecule has 0 aromatic carbocycles. The fourth-order valence-electron chi connectivity index (χ4n) is 1.56. The van der Waals surface area contributed by atoms with Crippen molar-refractivity contribution in [1.29, 1.82) is 0 Å². The van der Waals surface area contributed by atoms with Crippen molar-refractivity contribution in [3.8, 4) is 0 Å². The molecular weight excluding hydrogens is 174 g/mol. The molecule has 0 N–H and O–H groups in total. The van der Waals surface area contributed by atoms with Gasteiger partial charge in [-0.2, -0.15) is 0 Å². The molecule has 0 bridgehead atoms. The van der Waals surface area contributed by atoms with Crippen molar-refractivity contribution >= 4 is 11.9 Å². The van der Waals surface area contributed by atoms with Gasteiger partial charge in [-0.3, -0.25) is 9.78 Å². The lowest BCUT2D eigenvalue weighted by atomic mass is 9.96. The number of rotatable bonds is 1. The number of carbonyl (C=O) groups is 1. The maximum atomic E-state index is 11.1. The Labute approximate surface area is 83.7 Å². The Morgan fingerprint density at radius 1 is 1.36 bits per heavy atom. The average molecular weight is 187 g/mol. The predicted octanol–water partition coefficient (Wildman–Crippen LogP) is 2.34. The summed E-state index contributed by atoms with van der Waals surface area (Å²) in [4.78, 5) is 15.5. The van der Waals surface area contributed by atoms with Crippen LogP contribution in [0.4, 0.5) is 0 Å². The van der Waals surface area contributed by atoms with E-state index in [-0.39, 0.29) is 5.78 Å². The van der Waals surface area contributed by atoms with Gasteiger partial charge in [0.15, 0.2) is 5.78 Å². The fraction of sp³-hybridized carbons (Fsp3) is 0.333. The predicted molar refractivity (Wildman–Crippen MR) is 56.1 cm³/mol. The van der Waals surface area contributed by atoms with E-state index < -0.39 is 0 Å². The topological polar surface area (TPSA) is 30.0 Å². The molecular formula is C12H13NO. The average Bonchev–Trinajstić information content (AvgIpc) is 2.16. The van der Waals surface area contributed by atoms with E-state index in [1.54, 1.807) is 6.08 Å². The summed E-state index contributed by atoms with van der Waals surface area (Å²) in [5, 5.41) is 0. The van der Waals surface area contributed by atoms with Gasteiger partial charge in [0.05, 0.1) is 0 Å². The van der Waals surface area contributed by atoms with E-state index in [2.05, 4.69) is 24.9 Å². The van der Waals surface area contributed by atoms with Crippen molar-refractivity contribution in [2.75, 3.05) is 0 Å². The van der Waals surface area contributed by atoms with E-state index in [9.17, 15) is 4.79 Å². The van der Waals surface area contributed by atoms with Gasteiger partial charge in [0, 0.05) is 18.3 Å². The van der Waals surface area contributed by atoms with Crippen molar-refractivity contribution in [3.05, 3.63) is 35.2 Å². The molecule has 1 aromatic heterocycles. The Balaban J connectivity index is 2.44. The Hall–Kier alpha value is -1.44. The lowest BCUT2D eigenvalue weighted by Gasteiger charge is -2.11. The molecule has 0 radical (unpaired) electrons. The van der Waals surface area contributed by atoms with Gasteiger partial charge in [0.25, 0.3) is 0 Å². The van der Waals surface area contributed by atoms with E-state index in [0.717, 1.165) is 16.8 Å². The smallest absolute Gasteiger partial charge is 0.160 e. The van der Waals surface area contributed by atoms with Gasteiger partial charge in [-0.05, 0) is 29.2 Å². The molecule has 0 aliphatic heterocycles. The molecule has 1 aliphatic carbocycles. The van der Waals surface area contributed by atoms with Crippen LogP contribution in [-0.2, 0) is 11.2 Å². The van der Waals surface area contributed by atoms with E-state index in [0.29, 0.717) is 12.3 Å². The van der Waals surface area contributed by atoms with Gasteiger partial charge < -0.3 is 0 Å². The molecule has 2 rings (SSSR count). The SMILES string of the molecule is CC(C)c1cc2c(cn1)CC(=O)C=C2. The highest BCUT2D eigenvalue weighted by Gasteiger charge is 2.12. The summed E-state index contributed by atoms with van der Waals surface area (Å²) in [7, 11) is 0. The highest BCUT2D eigenvalue weighted by molar-refractivity contribution is 5.98. The fourth-order valence-corrected chi connectivity index (χ4v) is 1.56. The van der Waals surface area contributed by atoms with Crippen molar-refractivity contribution in [2.24, 2.45) is 0 Å². The largest absolute Gasteiger partial charge is 0.294 e. The van der Waals surface area contributed by atoms with Crippen LogP contribution in [0.25, 0.3) is 6.08 Å².